The van der Waals surface area contributed by atoms with Crippen molar-refractivity contribution in [2.24, 2.45) is 0 Å². The van der Waals surface area contributed by atoms with Crippen molar-refractivity contribution in [3.05, 3.63) is 66.4 Å². The second-order valence-corrected chi connectivity index (χ2v) is 6.88. The fraction of sp³-hybridized carbons (Fsp3) is 0.304. The number of benzene rings is 2. The highest BCUT2D eigenvalue weighted by Crippen LogP contribution is 2.18. The van der Waals surface area contributed by atoms with Crippen LogP contribution in [0.25, 0.3) is 10.9 Å². The number of para-hydroxylation sites is 2. The standard InChI is InChI=1S/C23H27N3O3/c1-18(27)26(14-11-19-17-25-22-10-6-5-9-21(19)22)15-13-24-23(28)12-16-29-20-7-3-2-4-8-20/h2-10,17,25H,11-16H2,1H3,(H,24,28). The molecule has 1 aromatic heterocycles. The van der Waals surface area contributed by atoms with Gasteiger partial charge in [0.25, 0.3) is 0 Å². The molecule has 0 aliphatic rings. The predicted octanol–water partition coefficient (Wildman–Crippen LogP) is 3.14. The van der Waals surface area contributed by atoms with Crippen molar-refractivity contribution in [3.8, 4) is 5.75 Å². The third kappa shape index (κ3) is 6.10. The molecule has 6 nitrogen and oxygen atoms in total. The third-order valence-corrected chi connectivity index (χ3v) is 4.82. The van der Waals surface area contributed by atoms with Gasteiger partial charge in [0.2, 0.25) is 11.8 Å². The van der Waals surface area contributed by atoms with Crippen molar-refractivity contribution in [2.75, 3.05) is 26.2 Å². The molecule has 1 heterocycles. The molecule has 3 rings (SSSR count). The molecule has 0 saturated carbocycles. The van der Waals surface area contributed by atoms with Gasteiger partial charge in [0.1, 0.15) is 5.75 Å². The van der Waals surface area contributed by atoms with Gasteiger partial charge in [0.05, 0.1) is 13.0 Å². The first-order valence-electron chi connectivity index (χ1n) is 9.88. The van der Waals surface area contributed by atoms with Crippen LogP contribution in [0.1, 0.15) is 18.9 Å². The zero-order valence-corrected chi connectivity index (χ0v) is 16.7. The van der Waals surface area contributed by atoms with Crippen LogP contribution in [-0.2, 0) is 16.0 Å². The first-order chi connectivity index (χ1) is 14.1. The highest BCUT2D eigenvalue weighted by atomic mass is 16.5. The molecular weight excluding hydrogens is 366 g/mol. The van der Waals surface area contributed by atoms with Crippen LogP contribution < -0.4 is 10.1 Å². The van der Waals surface area contributed by atoms with Gasteiger partial charge >= 0.3 is 0 Å². The first-order valence-corrected chi connectivity index (χ1v) is 9.88. The summed E-state index contributed by atoms with van der Waals surface area (Å²) < 4.78 is 5.53. The molecule has 29 heavy (non-hydrogen) atoms. The van der Waals surface area contributed by atoms with Gasteiger partial charge in [0, 0.05) is 43.7 Å². The van der Waals surface area contributed by atoms with Crippen LogP contribution in [-0.4, -0.2) is 47.9 Å². The van der Waals surface area contributed by atoms with Crippen molar-refractivity contribution in [1.82, 2.24) is 15.2 Å². The molecule has 2 aromatic carbocycles. The minimum atomic E-state index is -0.0824. The van der Waals surface area contributed by atoms with E-state index in [1.807, 2.05) is 54.7 Å². The number of aromatic nitrogens is 1. The molecular formula is C23H27N3O3. The number of ether oxygens (including phenoxy) is 1. The smallest absolute Gasteiger partial charge is 0.223 e. The lowest BCUT2D eigenvalue weighted by Crippen LogP contribution is -2.38. The largest absolute Gasteiger partial charge is 0.493 e. The SMILES string of the molecule is CC(=O)N(CCNC(=O)CCOc1ccccc1)CCc1c[nH]c2ccccc12. The predicted molar refractivity (Wildman–Crippen MR) is 114 cm³/mol. The average molecular weight is 393 g/mol. The lowest BCUT2D eigenvalue weighted by atomic mass is 10.1. The van der Waals surface area contributed by atoms with E-state index in [4.69, 9.17) is 4.74 Å². The van der Waals surface area contributed by atoms with Crippen molar-refractivity contribution in [3.63, 3.8) is 0 Å². The summed E-state index contributed by atoms with van der Waals surface area (Å²) >= 11 is 0. The Labute approximate surface area is 170 Å². The summed E-state index contributed by atoms with van der Waals surface area (Å²) in [5, 5.41) is 4.04. The number of H-pyrrole nitrogens is 1. The molecule has 6 heteroatoms. The van der Waals surface area contributed by atoms with E-state index in [9.17, 15) is 9.59 Å². The average Bonchev–Trinajstić information content (AvgIpc) is 3.14. The van der Waals surface area contributed by atoms with Gasteiger partial charge < -0.3 is 19.9 Å². The van der Waals surface area contributed by atoms with E-state index in [0.29, 0.717) is 26.2 Å². The molecule has 0 unspecified atom stereocenters. The highest BCUT2D eigenvalue weighted by molar-refractivity contribution is 5.83. The number of carbonyl (C=O) groups is 2. The quantitative estimate of drug-likeness (QED) is 0.556. The van der Waals surface area contributed by atoms with E-state index in [-0.39, 0.29) is 18.2 Å². The van der Waals surface area contributed by atoms with Crippen LogP contribution in [0.3, 0.4) is 0 Å². The molecule has 2 N–H and O–H groups in total. The Balaban J connectivity index is 1.39. The fourth-order valence-corrected chi connectivity index (χ4v) is 3.22. The fourth-order valence-electron chi connectivity index (χ4n) is 3.22. The van der Waals surface area contributed by atoms with Crippen molar-refractivity contribution >= 4 is 22.7 Å². The Hall–Kier alpha value is -3.28. The van der Waals surface area contributed by atoms with Crippen LogP contribution in [0.4, 0.5) is 0 Å². The minimum Gasteiger partial charge on any atom is -0.493 e. The summed E-state index contributed by atoms with van der Waals surface area (Å²) in [4.78, 5) is 29.0. The van der Waals surface area contributed by atoms with Gasteiger partial charge in [-0.15, -0.1) is 0 Å². The molecule has 0 spiro atoms. The van der Waals surface area contributed by atoms with Crippen LogP contribution >= 0.6 is 0 Å². The molecule has 0 aliphatic heterocycles. The lowest BCUT2D eigenvalue weighted by Gasteiger charge is -2.21. The number of nitrogens with zero attached hydrogens (tertiary/aromatic N) is 1. The summed E-state index contributed by atoms with van der Waals surface area (Å²) in [6.45, 7) is 3.42. The van der Waals surface area contributed by atoms with E-state index in [0.717, 1.165) is 17.7 Å². The molecule has 3 aromatic rings. The number of aromatic amines is 1. The van der Waals surface area contributed by atoms with Crippen molar-refractivity contribution in [2.45, 2.75) is 19.8 Å². The normalized spacial score (nSPS) is 10.7. The van der Waals surface area contributed by atoms with Gasteiger partial charge in [-0.2, -0.15) is 0 Å². The number of carbonyl (C=O) groups excluding carboxylic acids is 2. The highest BCUT2D eigenvalue weighted by Gasteiger charge is 2.11. The van der Waals surface area contributed by atoms with E-state index < -0.39 is 0 Å². The molecule has 0 fully saturated rings. The van der Waals surface area contributed by atoms with Gasteiger partial charge in [-0.05, 0) is 30.2 Å². The van der Waals surface area contributed by atoms with Gasteiger partial charge in [-0.25, -0.2) is 0 Å². The topological polar surface area (TPSA) is 74.4 Å². The zero-order chi connectivity index (χ0) is 20.5. The number of rotatable bonds is 10. The maximum atomic E-state index is 12.0. The first kappa shape index (κ1) is 20.5. The molecule has 2 amide bonds. The number of fused-ring (bicyclic) bond motifs is 1. The van der Waals surface area contributed by atoms with E-state index in [1.54, 1.807) is 11.8 Å². The third-order valence-electron chi connectivity index (χ3n) is 4.82. The molecule has 0 bridgehead atoms. The number of nitrogens with one attached hydrogen (secondary N) is 2. The van der Waals surface area contributed by atoms with Crippen LogP contribution in [0.15, 0.2) is 60.8 Å². The molecule has 0 saturated heterocycles. The minimum absolute atomic E-state index is 0.00602. The molecule has 152 valence electrons. The Morgan fingerprint density at radius 1 is 1.03 bits per heavy atom. The summed E-state index contributed by atoms with van der Waals surface area (Å²) in [7, 11) is 0. The number of hydrogen-bond donors (Lipinski definition) is 2. The van der Waals surface area contributed by atoms with Crippen LogP contribution in [0.2, 0.25) is 0 Å². The van der Waals surface area contributed by atoms with Crippen molar-refractivity contribution in [1.29, 1.82) is 0 Å². The molecule has 0 radical (unpaired) electrons. The second kappa shape index (κ2) is 10.3. The van der Waals surface area contributed by atoms with Crippen molar-refractivity contribution < 1.29 is 14.3 Å². The Kier molecular flexibility index (Phi) is 7.28. The monoisotopic (exact) mass is 393 g/mol. The Morgan fingerprint density at radius 2 is 1.79 bits per heavy atom. The summed E-state index contributed by atoms with van der Waals surface area (Å²) in [6.07, 6.45) is 3.05. The van der Waals surface area contributed by atoms with E-state index >= 15 is 0 Å². The van der Waals surface area contributed by atoms with E-state index in [1.165, 1.54) is 10.9 Å². The Bertz CT molecular complexity index is 937. The summed E-state index contributed by atoms with van der Waals surface area (Å²) in [6, 6.07) is 17.5. The zero-order valence-electron chi connectivity index (χ0n) is 16.7. The molecule has 0 aliphatic carbocycles. The maximum absolute atomic E-state index is 12.0. The van der Waals surface area contributed by atoms with Gasteiger partial charge in [0.15, 0.2) is 0 Å². The van der Waals surface area contributed by atoms with E-state index in [2.05, 4.69) is 16.4 Å². The van der Waals surface area contributed by atoms with Crippen LogP contribution in [0, 0.1) is 0 Å². The number of amides is 2. The van der Waals surface area contributed by atoms with Gasteiger partial charge in [-0.1, -0.05) is 36.4 Å². The summed E-state index contributed by atoms with van der Waals surface area (Å²) in [5.74, 6) is 0.674. The second-order valence-electron chi connectivity index (χ2n) is 6.88. The van der Waals surface area contributed by atoms with Crippen LogP contribution in [0.5, 0.6) is 5.75 Å². The maximum Gasteiger partial charge on any atom is 0.223 e. The molecule has 0 atom stereocenters. The number of hydrogen-bond acceptors (Lipinski definition) is 3. The summed E-state index contributed by atoms with van der Waals surface area (Å²) in [5.41, 5.74) is 2.29. The Morgan fingerprint density at radius 3 is 2.59 bits per heavy atom. The van der Waals surface area contributed by atoms with Gasteiger partial charge in [-0.3, -0.25) is 9.59 Å². The lowest BCUT2D eigenvalue weighted by molar-refractivity contribution is -0.129.